The minimum absolute atomic E-state index is 0.0774. The first-order valence-electron chi connectivity index (χ1n) is 10.4. The molecule has 2 aromatic rings. The number of ether oxygens (including phenoxy) is 1. The van der Waals surface area contributed by atoms with Crippen molar-refractivity contribution in [3.8, 4) is 0 Å². The molecule has 33 heavy (non-hydrogen) atoms. The number of nitrogens with one attached hydrogen (secondary N) is 1. The molecule has 12 heteroatoms. The fourth-order valence-corrected chi connectivity index (χ4v) is 4.01. The van der Waals surface area contributed by atoms with Crippen molar-refractivity contribution < 1.29 is 37.0 Å². The largest absolute Gasteiger partial charge is 0.490 e. The summed E-state index contributed by atoms with van der Waals surface area (Å²) in [7, 11) is 0. The van der Waals surface area contributed by atoms with Gasteiger partial charge < -0.3 is 19.6 Å². The predicted octanol–water partition coefficient (Wildman–Crippen LogP) is 2.28. The van der Waals surface area contributed by atoms with Crippen LogP contribution in [0, 0.1) is 18.8 Å². The number of halogens is 3. The highest BCUT2D eigenvalue weighted by Crippen LogP contribution is 2.34. The van der Waals surface area contributed by atoms with Crippen molar-refractivity contribution in [2.45, 2.75) is 32.2 Å². The van der Waals surface area contributed by atoms with Gasteiger partial charge in [-0.25, -0.2) is 9.78 Å². The van der Waals surface area contributed by atoms with Crippen molar-refractivity contribution >= 4 is 11.9 Å². The molecule has 2 aliphatic rings. The highest BCUT2D eigenvalue weighted by Gasteiger charge is 2.41. The number of hydrogen-bond donors (Lipinski definition) is 2. The van der Waals surface area contributed by atoms with Crippen LogP contribution in [-0.4, -0.2) is 70.4 Å². The fraction of sp³-hybridized carbons (Fsp3) is 0.524. The van der Waals surface area contributed by atoms with E-state index in [-0.39, 0.29) is 12.0 Å². The van der Waals surface area contributed by atoms with Crippen molar-refractivity contribution in [3.63, 3.8) is 0 Å². The molecule has 0 bridgehead atoms. The van der Waals surface area contributed by atoms with Gasteiger partial charge in [-0.3, -0.25) is 14.7 Å². The van der Waals surface area contributed by atoms with Gasteiger partial charge in [0.15, 0.2) is 0 Å². The van der Waals surface area contributed by atoms with Crippen LogP contribution in [0.1, 0.15) is 28.4 Å². The van der Waals surface area contributed by atoms with Gasteiger partial charge in [0.1, 0.15) is 17.2 Å². The first-order valence-corrected chi connectivity index (χ1v) is 10.4. The number of aromatic nitrogens is 2. The molecular weight excluding hydrogens is 445 g/mol. The number of fused-ring (bicyclic) bond motifs is 1. The van der Waals surface area contributed by atoms with E-state index in [9.17, 15) is 18.0 Å². The van der Waals surface area contributed by atoms with Gasteiger partial charge in [0.25, 0.3) is 5.91 Å². The Morgan fingerprint density at radius 1 is 1.30 bits per heavy atom. The van der Waals surface area contributed by atoms with E-state index in [2.05, 4.69) is 26.3 Å². The van der Waals surface area contributed by atoms with Crippen LogP contribution in [0.25, 0.3) is 0 Å². The SMILES string of the molecule is Cc1ccc(CN2CC[C@H]3[C@H](CO[C@@H]3CNC(=O)c3cnccn3)C2)o1.O=C(O)C(F)(F)F. The highest BCUT2D eigenvalue weighted by atomic mass is 19.4. The zero-order chi connectivity index (χ0) is 24.0. The number of carbonyl (C=O) groups excluding carboxylic acids is 1. The molecule has 2 fully saturated rings. The van der Waals surface area contributed by atoms with E-state index in [4.69, 9.17) is 19.1 Å². The number of furan rings is 1. The Bertz CT molecular complexity index is 937. The van der Waals surface area contributed by atoms with E-state index in [1.165, 1.54) is 12.4 Å². The van der Waals surface area contributed by atoms with E-state index in [0.717, 1.165) is 44.2 Å². The smallest absolute Gasteiger partial charge is 0.475 e. The van der Waals surface area contributed by atoms with Crippen LogP contribution in [0.5, 0.6) is 0 Å². The molecule has 0 aromatic carbocycles. The number of alkyl halides is 3. The minimum Gasteiger partial charge on any atom is -0.475 e. The second-order valence-corrected chi connectivity index (χ2v) is 7.94. The number of carboxylic acid groups (broad SMARTS) is 1. The van der Waals surface area contributed by atoms with Crippen molar-refractivity contribution in [1.82, 2.24) is 20.2 Å². The van der Waals surface area contributed by atoms with Crippen LogP contribution in [0.3, 0.4) is 0 Å². The maximum Gasteiger partial charge on any atom is 0.490 e. The second kappa shape index (κ2) is 10.8. The summed E-state index contributed by atoms with van der Waals surface area (Å²) in [6, 6.07) is 4.06. The monoisotopic (exact) mass is 470 g/mol. The van der Waals surface area contributed by atoms with Gasteiger partial charge in [0.2, 0.25) is 0 Å². The average molecular weight is 470 g/mol. The molecule has 4 rings (SSSR count). The molecule has 0 saturated carbocycles. The lowest BCUT2D eigenvalue weighted by Gasteiger charge is -2.35. The Kier molecular flexibility index (Phi) is 8.03. The number of aryl methyl sites for hydroxylation is 1. The van der Waals surface area contributed by atoms with Crippen LogP contribution in [0.15, 0.2) is 35.1 Å². The summed E-state index contributed by atoms with van der Waals surface area (Å²) in [5.74, 6) is 0.0268. The van der Waals surface area contributed by atoms with Gasteiger partial charge in [-0.2, -0.15) is 13.2 Å². The van der Waals surface area contributed by atoms with Crippen molar-refractivity contribution in [2.24, 2.45) is 11.8 Å². The highest BCUT2D eigenvalue weighted by molar-refractivity contribution is 5.91. The maximum absolute atomic E-state index is 12.1. The number of amides is 1. The van der Waals surface area contributed by atoms with E-state index in [1.54, 1.807) is 6.20 Å². The number of carboxylic acids is 1. The summed E-state index contributed by atoms with van der Waals surface area (Å²) in [4.78, 5) is 31.4. The third-order valence-electron chi connectivity index (χ3n) is 5.56. The van der Waals surface area contributed by atoms with Gasteiger partial charge in [-0.05, 0) is 37.9 Å². The van der Waals surface area contributed by atoms with Gasteiger partial charge in [-0.1, -0.05) is 0 Å². The van der Waals surface area contributed by atoms with E-state index < -0.39 is 12.1 Å². The molecular formula is C21H25F3N4O5. The molecule has 0 unspecified atom stereocenters. The maximum atomic E-state index is 12.1. The standard InChI is InChI=1S/C19H24N4O3.C2HF3O2/c1-13-2-3-15(26-13)11-23-7-4-16-14(10-23)12-25-18(16)9-22-19(24)17-8-20-5-6-21-17;3-2(4,5)1(6)7/h2-3,5-6,8,14,16,18H,4,7,9-12H2,1H3,(H,22,24);(H,6,7)/t14-,16-,18+;/m0./s1. The average Bonchev–Trinajstić information content (AvgIpc) is 3.37. The molecule has 0 radical (unpaired) electrons. The third kappa shape index (κ3) is 6.99. The molecule has 2 aliphatic heterocycles. The van der Waals surface area contributed by atoms with Crippen molar-refractivity contribution in [1.29, 1.82) is 0 Å². The Balaban J connectivity index is 0.000000383. The number of hydrogen-bond acceptors (Lipinski definition) is 7. The van der Waals surface area contributed by atoms with Crippen molar-refractivity contribution in [3.05, 3.63) is 47.9 Å². The molecule has 9 nitrogen and oxygen atoms in total. The van der Waals surface area contributed by atoms with E-state index in [0.29, 0.717) is 24.1 Å². The number of carbonyl (C=O) groups is 2. The number of piperidine rings is 1. The van der Waals surface area contributed by atoms with Crippen molar-refractivity contribution in [2.75, 3.05) is 26.2 Å². The molecule has 2 aromatic heterocycles. The lowest BCUT2D eigenvalue weighted by molar-refractivity contribution is -0.192. The Morgan fingerprint density at radius 2 is 2.06 bits per heavy atom. The molecule has 2 N–H and O–H groups in total. The van der Waals surface area contributed by atoms with Crippen LogP contribution >= 0.6 is 0 Å². The zero-order valence-electron chi connectivity index (χ0n) is 17.9. The lowest BCUT2D eigenvalue weighted by Crippen LogP contribution is -2.43. The number of nitrogens with zero attached hydrogens (tertiary/aromatic N) is 3. The van der Waals surface area contributed by atoms with Crippen LogP contribution in [-0.2, 0) is 16.1 Å². The molecule has 4 heterocycles. The number of aliphatic carboxylic acids is 1. The molecule has 2 saturated heterocycles. The Hall–Kier alpha value is -2.99. The molecule has 1 amide bonds. The minimum atomic E-state index is -5.08. The Labute approximate surface area is 187 Å². The molecule has 180 valence electrons. The van der Waals surface area contributed by atoms with Crippen LogP contribution in [0.2, 0.25) is 0 Å². The predicted molar refractivity (Wildman–Crippen MR) is 108 cm³/mol. The van der Waals surface area contributed by atoms with E-state index >= 15 is 0 Å². The van der Waals surface area contributed by atoms with Crippen LogP contribution < -0.4 is 5.32 Å². The zero-order valence-corrected chi connectivity index (χ0v) is 17.9. The first kappa shape index (κ1) is 24.6. The summed E-state index contributed by atoms with van der Waals surface area (Å²) in [5, 5.41) is 10.1. The lowest BCUT2D eigenvalue weighted by atomic mass is 9.84. The quantitative estimate of drug-likeness (QED) is 0.684. The van der Waals surface area contributed by atoms with E-state index in [1.807, 2.05) is 13.0 Å². The normalized spacial score (nSPS) is 22.7. The number of likely N-dealkylation sites (tertiary alicyclic amines) is 1. The summed E-state index contributed by atoms with van der Waals surface area (Å²) >= 11 is 0. The number of rotatable bonds is 5. The van der Waals surface area contributed by atoms with Gasteiger partial charge in [0, 0.05) is 31.4 Å². The molecule has 0 spiro atoms. The van der Waals surface area contributed by atoms with Gasteiger partial charge >= 0.3 is 12.1 Å². The van der Waals surface area contributed by atoms with Gasteiger partial charge in [0.05, 0.1) is 25.5 Å². The molecule has 3 atom stereocenters. The summed E-state index contributed by atoms with van der Waals surface area (Å²) in [6.45, 7) is 6.14. The summed E-state index contributed by atoms with van der Waals surface area (Å²) in [6.07, 6.45) is 0.624. The second-order valence-electron chi connectivity index (χ2n) is 7.94. The summed E-state index contributed by atoms with van der Waals surface area (Å²) in [5.41, 5.74) is 0.339. The first-order chi connectivity index (χ1) is 15.6. The fourth-order valence-electron chi connectivity index (χ4n) is 4.01. The summed E-state index contributed by atoms with van der Waals surface area (Å²) < 4.78 is 43.4. The van der Waals surface area contributed by atoms with Crippen LogP contribution in [0.4, 0.5) is 13.2 Å². The molecule has 0 aliphatic carbocycles. The topological polar surface area (TPSA) is 118 Å². The van der Waals surface area contributed by atoms with Gasteiger partial charge in [-0.15, -0.1) is 0 Å². The Morgan fingerprint density at radius 3 is 2.67 bits per heavy atom. The third-order valence-corrected chi connectivity index (χ3v) is 5.56.